The van der Waals surface area contributed by atoms with Crippen LogP contribution in [0.3, 0.4) is 0 Å². The first-order chi connectivity index (χ1) is 20.5. The van der Waals surface area contributed by atoms with E-state index in [1.54, 1.807) is 28.0 Å². The Morgan fingerprint density at radius 2 is 1.91 bits per heavy atom. The first-order valence-electron chi connectivity index (χ1n) is 14.1. The Kier molecular flexibility index (Phi) is 8.63. The Morgan fingerprint density at radius 3 is 2.65 bits per heavy atom. The van der Waals surface area contributed by atoms with Crippen molar-refractivity contribution >= 4 is 72.0 Å². The van der Waals surface area contributed by atoms with E-state index in [9.17, 15) is 22.8 Å². The summed E-state index contributed by atoms with van der Waals surface area (Å²) in [5, 5.41) is 4.71. The molecule has 1 aromatic carbocycles. The fourth-order valence-corrected chi connectivity index (χ4v) is 10.5. The SMILES string of the molecule is CC(=O)c1c(S(=O)(=O)N2CCN(C(=O)c3nc4c(s3)CNC(C)C4)C(CC(=O)N3CCOCC3)C2)sc2cc(Cl)ccc12. The quantitative estimate of drug-likeness (QED) is 0.398. The van der Waals surface area contributed by atoms with E-state index in [4.69, 9.17) is 16.3 Å². The fraction of sp³-hybridized carbons (Fsp3) is 0.500. The maximum absolute atomic E-state index is 14.1. The summed E-state index contributed by atoms with van der Waals surface area (Å²) in [5.41, 5.74) is 1.04. The van der Waals surface area contributed by atoms with Crippen LogP contribution in [0.15, 0.2) is 22.4 Å². The Hall–Kier alpha value is -2.46. The van der Waals surface area contributed by atoms with Crippen molar-refractivity contribution in [3.05, 3.63) is 44.4 Å². The summed E-state index contributed by atoms with van der Waals surface area (Å²) in [6.45, 7) is 5.83. The number of piperazine rings is 1. The molecule has 0 spiro atoms. The van der Waals surface area contributed by atoms with Gasteiger partial charge in [-0.1, -0.05) is 17.7 Å². The van der Waals surface area contributed by atoms with Gasteiger partial charge in [-0.15, -0.1) is 22.7 Å². The third-order valence-electron chi connectivity index (χ3n) is 8.10. The molecule has 3 aromatic rings. The van der Waals surface area contributed by atoms with Gasteiger partial charge in [0, 0.05) is 78.1 Å². The number of ketones is 1. The van der Waals surface area contributed by atoms with Gasteiger partial charge < -0.3 is 19.9 Å². The summed E-state index contributed by atoms with van der Waals surface area (Å²) in [6.07, 6.45) is 0.686. The lowest BCUT2D eigenvalue weighted by Gasteiger charge is -2.41. The number of aromatic nitrogens is 1. The number of halogens is 1. The minimum atomic E-state index is -4.14. The lowest BCUT2D eigenvalue weighted by Crippen LogP contribution is -2.58. The molecule has 2 saturated heterocycles. The summed E-state index contributed by atoms with van der Waals surface area (Å²) in [4.78, 5) is 48.9. The monoisotopic (exact) mass is 665 g/mol. The molecule has 5 heterocycles. The fourth-order valence-electron chi connectivity index (χ4n) is 5.84. The van der Waals surface area contributed by atoms with Gasteiger partial charge in [0.1, 0.15) is 4.21 Å². The molecular formula is C28H32ClN5O6S3. The van der Waals surface area contributed by atoms with Gasteiger partial charge >= 0.3 is 0 Å². The molecule has 0 bridgehead atoms. The van der Waals surface area contributed by atoms with Crippen LogP contribution in [-0.2, 0) is 32.5 Å². The molecule has 3 aliphatic rings. The maximum Gasteiger partial charge on any atom is 0.283 e. The van der Waals surface area contributed by atoms with Gasteiger partial charge in [-0.3, -0.25) is 14.4 Å². The molecule has 230 valence electrons. The number of hydrogen-bond acceptors (Lipinski definition) is 10. The van der Waals surface area contributed by atoms with Crippen LogP contribution < -0.4 is 5.32 Å². The molecule has 2 amide bonds. The van der Waals surface area contributed by atoms with Crippen LogP contribution in [0.25, 0.3) is 10.1 Å². The lowest BCUT2D eigenvalue weighted by molar-refractivity contribution is -0.136. The number of carbonyl (C=O) groups is 3. The van der Waals surface area contributed by atoms with Crippen molar-refractivity contribution in [3.63, 3.8) is 0 Å². The summed E-state index contributed by atoms with van der Waals surface area (Å²) in [5.74, 6) is -0.830. The summed E-state index contributed by atoms with van der Waals surface area (Å²) < 4.78 is 35.5. The number of nitrogens with one attached hydrogen (secondary N) is 1. The van der Waals surface area contributed by atoms with E-state index in [0.29, 0.717) is 53.0 Å². The number of sulfonamides is 1. The van der Waals surface area contributed by atoms with Gasteiger partial charge in [-0.2, -0.15) is 4.31 Å². The summed E-state index contributed by atoms with van der Waals surface area (Å²) in [7, 11) is -4.14. The summed E-state index contributed by atoms with van der Waals surface area (Å²) >= 11 is 8.51. The van der Waals surface area contributed by atoms with E-state index < -0.39 is 16.1 Å². The van der Waals surface area contributed by atoms with Crippen LogP contribution in [0.2, 0.25) is 5.02 Å². The number of rotatable bonds is 6. The van der Waals surface area contributed by atoms with E-state index in [2.05, 4.69) is 17.2 Å². The topological polar surface area (TPSA) is 129 Å². The molecule has 0 aliphatic carbocycles. The van der Waals surface area contributed by atoms with Crippen molar-refractivity contribution < 1.29 is 27.5 Å². The first-order valence-corrected chi connectivity index (χ1v) is 17.6. The highest BCUT2D eigenvalue weighted by atomic mass is 35.5. The first kappa shape index (κ1) is 30.6. The third-order valence-corrected chi connectivity index (χ3v) is 12.9. The molecule has 11 nitrogen and oxygen atoms in total. The number of fused-ring (bicyclic) bond motifs is 2. The number of nitrogens with zero attached hydrogens (tertiary/aromatic N) is 4. The molecule has 2 atom stereocenters. The van der Waals surface area contributed by atoms with Crippen molar-refractivity contribution in [2.75, 3.05) is 45.9 Å². The second-order valence-corrected chi connectivity index (χ2v) is 15.8. The molecule has 1 N–H and O–H groups in total. The number of benzene rings is 1. The van der Waals surface area contributed by atoms with Gasteiger partial charge in [0.15, 0.2) is 10.8 Å². The van der Waals surface area contributed by atoms with Gasteiger partial charge in [0.25, 0.3) is 15.9 Å². The number of Topliss-reactive ketones (excluding diaryl/α,β-unsaturated/α-hetero) is 1. The average Bonchev–Trinajstić information content (AvgIpc) is 3.59. The minimum Gasteiger partial charge on any atom is -0.378 e. The van der Waals surface area contributed by atoms with E-state index in [1.165, 1.54) is 22.6 Å². The zero-order valence-electron chi connectivity index (χ0n) is 23.8. The molecule has 6 rings (SSSR count). The van der Waals surface area contributed by atoms with E-state index >= 15 is 0 Å². The van der Waals surface area contributed by atoms with Crippen molar-refractivity contribution in [3.8, 4) is 0 Å². The van der Waals surface area contributed by atoms with Crippen molar-refractivity contribution in [1.29, 1.82) is 0 Å². The van der Waals surface area contributed by atoms with Crippen molar-refractivity contribution in [1.82, 2.24) is 24.4 Å². The molecule has 0 saturated carbocycles. The Morgan fingerprint density at radius 1 is 1.14 bits per heavy atom. The molecule has 15 heteroatoms. The number of morpholine rings is 1. The van der Waals surface area contributed by atoms with Gasteiger partial charge in [-0.05, 0) is 26.0 Å². The standard InChI is InChI=1S/C28H32ClN5O6S3/c1-16-11-21-23(14-30-16)41-26(31-21)27(37)34-6-5-33(15-19(34)13-24(36)32-7-9-40-10-8-32)43(38,39)28-25(17(2)35)20-4-3-18(29)12-22(20)42-28/h3-4,12,16,19,30H,5-11,13-15H2,1-2H3. The number of ether oxygens (including phenoxy) is 1. The molecule has 2 fully saturated rings. The molecule has 0 radical (unpaired) electrons. The average molecular weight is 666 g/mol. The van der Waals surface area contributed by atoms with Crippen LogP contribution >= 0.6 is 34.3 Å². The zero-order valence-corrected chi connectivity index (χ0v) is 27.0. The highest BCUT2D eigenvalue weighted by Gasteiger charge is 2.41. The smallest absolute Gasteiger partial charge is 0.283 e. The third kappa shape index (κ3) is 5.98. The Balaban J connectivity index is 1.31. The van der Waals surface area contributed by atoms with Gasteiger partial charge in [-0.25, -0.2) is 13.4 Å². The molecule has 2 aromatic heterocycles. The summed E-state index contributed by atoms with van der Waals surface area (Å²) in [6, 6.07) is 4.49. The zero-order chi connectivity index (χ0) is 30.5. The van der Waals surface area contributed by atoms with Crippen LogP contribution in [0.4, 0.5) is 0 Å². The lowest BCUT2D eigenvalue weighted by atomic mass is 10.1. The largest absolute Gasteiger partial charge is 0.378 e. The molecule has 43 heavy (non-hydrogen) atoms. The van der Waals surface area contributed by atoms with Gasteiger partial charge in [0.05, 0.1) is 30.5 Å². The van der Waals surface area contributed by atoms with E-state index in [-0.39, 0.29) is 59.5 Å². The minimum absolute atomic E-state index is 0.0202. The second kappa shape index (κ2) is 12.1. The predicted molar refractivity (Wildman–Crippen MR) is 165 cm³/mol. The number of hydrogen-bond donors (Lipinski definition) is 1. The van der Waals surface area contributed by atoms with Crippen LogP contribution in [0.1, 0.15) is 51.0 Å². The highest BCUT2D eigenvalue weighted by molar-refractivity contribution is 7.91. The van der Waals surface area contributed by atoms with Crippen molar-refractivity contribution in [2.45, 2.75) is 49.5 Å². The van der Waals surface area contributed by atoms with Crippen molar-refractivity contribution in [2.24, 2.45) is 0 Å². The number of carbonyl (C=O) groups excluding carboxylic acids is 3. The normalized spacial score (nSPS) is 21.7. The predicted octanol–water partition coefficient (Wildman–Crippen LogP) is 3.01. The maximum atomic E-state index is 14.1. The van der Waals surface area contributed by atoms with Crippen LogP contribution in [0.5, 0.6) is 0 Å². The van der Waals surface area contributed by atoms with E-state index in [0.717, 1.165) is 28.3 Å². The van der Waals surface area contributed by atoms with Gasteiger partial charge in [0.2, 0.25) is 5.91 Å². The number of thiophene rings is 1. The Labute approximate surface area is 262 Å². The highest BCUT2D eigenvalue weighted by Crippen LogP contribution is 2.39. The Bertz CT molecular complexity index is 1700. The van der Waals surface area contributed by atoms with Crippen LogP contribution in [-0.4, -0.2) is 103 Å². The molecule has 2 unspecified atom stereocenters. The molecule has 3 aliphatic heterocycles. The second-order valence-electron chi connectivity index (χ2n) is 11.0. The van der Waals surface area contributed by atoms with Crippen LogP contribution in [0, 0.1) is 0 Å². The molecular weight excluding hydrogens is 634 g/mol. The van der Waals surface area contributed by atoms with E-state index in [1.807, 2.05) is 0 Å². The number of amides is 2. The number of thiazole rings is 1.